The number of alkyl halides is 3. The fraction of sp³-hybridized carbons (Fsp3) is 0.240. The average molecular weight is 572 g/mol. The molecule has 0 aliphatic heterocycles. The molecule has 1 amide bonds. The lowest BCUT2D eigenvalue weighted by Gasteiger charge is -2.15. The average Bonchev–Trinajstić information content (AvgIpc) is 2.78. The van der Waals surface area contributed by atoms with E-state index in [-0.39, 0.29) is 29.0 Å². The Balaban J connectivity index is 2.00. The Morgan fingerprint density at radius 3 is 2.39 bits per heavy atom. The highest BCUT2D eigenvalue weighted by atomic mass is 35.5. The first-order valence-corrected chi connectivity index (χ1v) is 12.9. The van der Waals surface area contributed by atoms with Crippen LogP contribution in [-0.4, -0.2) is 31.1 Å². The van der Waals surface area contributed by atoms with Crippen molar-refractivity contribution in [1.82, 2.24) is 10.3 Å². The second-order valence-corrected chi connectivity index (χ2v) is 10.8. The molecule has 0 aliphatic rings. The van der Waals surface area contributed by atoms with E-state index >= 15 is 0 Å². The van der Waals surface area contributed by atoms with E-state index in [1.165, 1.54) is 13.0 Å². The lowest BCUT2D eigenvalue weighted by Crippen LogP contribution is -2.31. The van der Waals surface area contributed by atoms with Crippen LogP contribution in [0.2, 0.25) is 5.02 Å². The van der Waals surface area contributed by atoms with Gasteiger partial charge < -0.3 is 5.32 Å². The van der Waals surface area contributed by atoms with Gasteiger partial charge in [0.05, 0.1) is 33.2 Å². The lowest BCUT2D eigenvalue weighted by atomic mass is 10.0. The minimum absolute atomic E-state index is 0.0984. The number of nitrogens with zero attached hydrogens (tertiary/aromatic N) is 1. The number of anilines is 1. The minimum atomic E-state index is -4.80. The number of carbonyl (C=O) groups is 2. The van der Waals surface area contributed by atoms with Crippen molar-refractivity contribution in [1.29, 1.82) is 0 Å². The molecule has 0 radical (unpaired) electrons. The zero-order chi connectivity index (χ0) is 28.4. The fourth-order valence-corrected chi connectivity index (χ4v) is 4.76. The van der Waals surface area contributed by atoms with Gasteiger partial charge in [-0.05, 0) is 62.2 Å². The van der Waals surface area contributed by atoms with E-state index in [1.807, 2.05) is 4.72 Å². The van der Waals surface area contributed by atoms with Crippen molar-refractivity contribution in [3.63, 3.8) is 0 Å². The third-order valence-electron chi connectivity index (χ3n) is 5.23. The zero-order valence-corrected chi connectivity index (χ0v) is 21.9. The highest BCUT2D eigenvalue weighted by molar-refractivity contribution is 7.92. The fourth-order valence-electron chi connectivity index (χ4n) is 3.52. The molecule has 202 valence electrons. The molecule has 0 bridgehead atoms. The second kappa shape index (κ2) is 11.1. The van der Waals surface area contributed by atoms with Crippen molar-refractivity contribution >= 4 is 39.0 Å². The molecule has 3 aromatic rings. The Labute approximate surface area is 221 Å². The SMILES string of the molecule is Cc1ccc(S(=O)(=O)Nc2cc(Cl)cnc2C(=O)c2cc(CC(=O)NC(C)C)ccc2F)cc1C(F)(F)F. The maximum absolute atomic E-state index is 14.6. The van der Waals surface area contributed by atoms with Crippen LogP contribution in [0, 0.1) is 12.7 Å². The Kier molecular flexibility index (Phi) is 8.47. The summed E-state index contributed by atoms with van der Waals surface area (Å²) < 4.78 is 82.6. The van der Waals surface area contributed by atoms with Crippen molar-refractivity contribution < 1.29 is 35.6 Å². The van der Waals surface area contributed by atoms with E-state index in [0.717, 1.165) is 36.5 Å². The van der Waals surface area contributed by atoms with Gasteiger partial charge in [-0.25, -0.2) is 17.8 Å². The first kappa shape index (κ1) is 29.1. The molecule has 7 nitrogen and oxygen atoms in total. The summed E-state index contributed by atoms with van der Waals surface area (Å²) in [5.74, 6) is -2.36. The molecular weight excluding hydrogens is 550 g/mol. The molecule has 3 rings (SSSR count). The highest BCUT2D eigenvalue weighted by Crippen LogP contribution is 2.34. The van der Waals surface area contributed by atoms with Gasteiger partial charge in [0.25, 0.3) is 10.0 Å². The van der Waals surface area contributed by atoms with E-state index in [0.29, 0.717) is 11.6 Å². The summed E-state index contributed by atoms with van der Waals surface area (Å²) in [4.78, 5) is 28.4. The van der Waals surface area contributed by atoms with Crippen LogP contribution in [0.15, 0.2) is 53.6 Å². The summed E-state index contributed by atoms with van der Waals surface area (Å²) in [5, 5.41) is 2.57. The summed E-state index contributed by atoms with van der Waals surface area (Å²) in [7, 11) is -4.66. The minimum Gasteiger partial charge on any atom is -0.354 e. The van der Waals surface area contributed by atoms with E-state index < -0.39 is 55.2 Å². The molecule has 13 heteroatoms. The molecule has 0 atom stereocenters. The highest BCUT2D eigenvalue weighted by Gasteiger charge is 2.34. The largest absolute Gasteiger partial charge is 0.416 e. The number of hydrogen-bond donors (Lipinski definition) is 2. The van der Waals surface area contributed by atoms with Gasteiger partial charge in [0.15, 0.2) is 0 Å². The molecule has 0 fully saturated rings. The van der Waals surface area contributed by atoms with Crippen LogP contribution in [-0.2, 0) is 27.4 Å². The number of halogens is 5. The van der Waals surface area contributed by atoms with Crippen molar-refractivity contribution in [3.8, 4) is 0 Å². The first-order valence-electron chi connectivity index (χ1n) is 11.1. The monoisotopic (exact) mass is 571 g/mol. The van der Waals surface area contributed by atoms with Crippen molar-refractivity contribution in [2.24, 2.45) is 0 Å². The number of carbonyl (C=O) groups excluding carboxylic acids is 2. The quantitative estimate of drug-likeness (QED) is 0.282. The van der Waals surface area contributed by atoms with Crippen LogP contribution in [0.5, 0.6) is 0 Å². The van der Waals surface area contributed by atoms with Gasteiger partial charge in [0.2, 0.25) is 11.7 Å². The third kappa shape index (κ3) is 6.87. The number of nitrogens with one attached hydrogen (secondary N) is 2. The van der Waals surface area contributed by atoms with Gasteiger partial charge >= 0.3 is 6.18 Å². The molecule has 1 aromatic heterocycles. The number of ketones is 1. The maximum atomic E-state index is 14.6. The van der Waals surface area contributed by atoms with Crippen LogP contribution in [0.3, 0.4) is 0 Å². The summed E-state index contributed by atoms with van der Waals surface area (Å²) >= 11 is 5.93. The van der Waals surface area contributed by atoms with Gasteiger partial charge in [0.1, 0.15) is 11.5 Å². The summed E-state index contributed by atoms with van der Waals surface area (Å²) in [6.07, 6.45) is -3.93. The molecule has 0 saturated heterocycles. The third-order valence-corrected chi connectivity index (χ3v) is 6.80. The molecule has 38 heavy (non-hydrogen) atoms. The van der Waals surface area contributed by atoms with Crippen LogP contribution in [0.1, 0.15) is 46.6 Å². The lowest BCUT2D eigenvalue weighted by molar-refractivity contribution is -0.138. The Hall–Kier alpha value is -3.51. The van der Waals surface area contributed by atoms with Crippen molar-refractivity contribution in [3.05, 3.63) is 87.4 Å². The number of aromatic nitrogens is 1. The first-order chi connectivity index (χ1) is 17.6. The normalized spacial score (nSPS) is 11.9. The molecule has 0 saturated carbocycles. The summed E-state index contributed by atoms with van der Waals surface area (Å²) in [5.41, 5.74) is -2.55. The standard InChI is InChI=1S/C25H22ClF4N3O4S/c1-13(2)32-22(34)9-15-5-7-20(27)18(8-15)24(35)23-21(10-16(26)12-31-23)33-38(36,37)17-6-4-14(3)19(11-17)25(28,29)30/h4-8,10-13,33H,9H2,1-3H3,(H,32,34). The predicted molar refractivity (Wildman–Crippen MR) is 133 cm³/mol. The molecule has 0 unspecified atom stereocenters. The van der Waals surface area contributed by atoms with Gasteiger partial charge in [-0.1, -0.05) is 23.7 Å². The smallest absolute Gasteiger partial charge is 0.354 e. The number of rotatable bonds is 8. The van der Waals surface area contributed by atoms with Crippen molar-refractivity contribution in [2.75, 3.05) is 4.72 Å². The van der Waals surface area contributed by atoms with E-state index in [4.69, 9.17) is 11.6 Å². The van der Waals surface area contributed by atoms with Crippen LogP contribution in [0.25, 0.3) is 0 Å². The van der Waals surface area contributed by atoms with E-state index in [9.17, 15) is 35.6 Å². The molecule has 2 N–H and O–H groups in total. The van der Waals surface area contributed by atoms with E-state index in [2.05, 4.69) is 10.3 Å². The number of hydrogen-bond acceptors (Lipinski definition) is 5. The van der Waals surface area contributed by atoms with Gasteiger partial charge in [-0.3, -0.25) is 14.3 Å². The van der Waals surface area contributed by atoms with Gasteiger partial charge in [-0.15, -0.1) is 0 Å². The summed E-state index contributed by atoms with van der Waals surface area (Å²) in [6, 6.07) is 6.75. The Morgan fingerprint density at radius 1 is 1.08 bits per heavy atom. The number of sulfonamides is 1. The van der Waals surface area contributed by atoms with Crippen LogP contribution >= 0.6 is 11.6 Å². The topological polar surface area (TPSA) is 105 Å². The molecular formula is C25H22ClF4N3O4S. The molecule has 2 aromatic carbocycles. The number of pyridine rings is 1. The van der Waals surface area contributed by atoms with E-state index in [1.54, 1.807) is 13.8 Å². The van der Waals surface area contributed by atoms with Crippen LogP contribution in [0.4, 0.5) is 23.2 Å². The van der Waals surface area contributed by atoms with Crippen molar-refractivity contribution in [2.45, 2.75) is 44.3 Å². The molecule has 0 spiro atoms. The second-order valence-electron chi connectivity index (χ2n) is 8.67. The maximum Gasteiger partial charge on any atom is 0.416 e. The van der Waals surface area contributed by atoms with Gasteiger partial charge in [-0.2, -0.15) is 13.2 Å². The number of benzene rings is 2. The Morgan fingerprint density at radius 2 is 1.76 bits per heavy atom. The number of aryl methyl sites for hydroxylation is 1. The number of amides is 1. The molecule has 1 heterocycles. The zero-order valence-electron chi connectivity index (χ0n) is 20.3. The predicted octanol–water partition coefficient (Wildman–Crippen LogP) is 5.30. The van der Waals surface area contributed by atoms with Crippen LogP contribution < -0.4 is 10.0 Å². The van der Waals surface area contributed by atoms with Gasteiger partial charge in [0, 0.05) is 12.2 Å². The molecule has 0 aliphatic carbocycles. The Bertz CT molecular complexity index is 1510. The summed E-state index contributed by atoms with van der Waals surface area (Å²) in [6.45, 7) is 4.69.